The maximum atomic E-state index is 12.2. The minimum atomic E-state index is -0.240. The summed E-state index contributed by atoms with van der Waals surface area (Å²) >= 11 is 0. The van der Waals surface area contributed by atoms with Crippen LogP contribution in [0.1, 0.15) is 43.4 Å². The van der Waals surface area contributed by atoms with Gasteiger partial charge in [0, 0.05) is 31.6 Å². The van der Waals surface area contributed by atoms with Gasteiger partial charge in [-0.3, -0.25) is 24.1 Å². The average molecular weight is 275 g/mol. The number of fused-ring (bicyclic) bond motifs is 1. The molecule has 0 saturated heterocycles. The van der Waals surface area contributed by atoms with E-state index in [2.05, 4.69) is 15.5 Å². The van der Waals surface area contributed by atoms with E-state index in [1.54, 1.807) is 15.6 Å². The van der Waals surface area contributed by atoms with Crippen LogP contribution in [-0.4, -0.2) is 25.5 Å². The Kier molecular flexibility index (Phi) is 2.77. The monoisotopic (exact) mass is 275 g/mol. The van der Waals surface area contributed by atoms with Crippen LogP contribution in [0.15, 0.2) is 17.2 Å². The van der Waals surface area contributed by atoms with Gasteiger partial charge in [0.25, 0.3) is 5.56 Å². The molecule has 3 heterocycles. The number of nitrogens with one attached hydrogen (secondary N) is 2. The number of aromatic amines is 1. The molecule has 1 amide bonds. The summed E-state index contributed by atoms with van der Waals surface area (Å²) in [6.45, 7) is 3.91. The van der Waals surface area contributed by atoms with Crippen molar-refractivity contribution in [2.45, 2.75) is 32.2 Å². The van der Waals surface area contributed by atoms with Crippen LogP contribution < -0.4 is 10.9 Å². The number of carbonyl (C=O) groups excluding carboxylic acids is 1. The first-order valence-corrected chi connectivity index (χ1v) is 6.60. The highest BCUT2D eigenvalue weighted by molar-refractivity contribution is 5.94. The van der Waals surface area contributed by atoms with E-state index in [1.165, 1.54) is 0 Å². The summed E-state index contributed by atoms with van der Waals surface area (Å²) in [4.78, 5) is 24.2. The van der Waals surface area contributed by atoms with Crippen molar-refractivity contribution < 1.29 is 4.79 Å². The van der Waals surface area contributed by atoms with E-state index in [9.17, 15) is 9.59 Å². The fourth-order valence-corrected chi connectivity index (χ4v) is 2.68. The van der Waals surface area contributed by atoms with E-state index in [0.29, 0.717) is 11.4 Å². The van der Waals surface area contributed by atoms with Crippen LogP contribution in [0.3, 0.4) is 0 Å². The summed E-state index contributed by atoms with van der Waals surface area (Å²) in [5.74, 6) is 0.256. The lowest BCUT2D eigenvalue weighted by Crippen LogP contribution is -2.27. The van der Waals surface area contributed by atoms with E-state index in [1.807, 2.05) is 27.1 Å². The molecule has 7 nitrogen and oxygen atoms in total. The number of anilines is 1. The Morgan fingerprint density at radius 1 is 1.40 bits per heavy atom. The molecule has 0 fully saturated rings. The van der Waals surface area contributed by atoms with Crippen molar-refractivity contribution in [2.24, 2.45) is 7.05 Å². The Morgan fingerprint density at radius 3 is 2.75 bits per heavy atom. The zero-order valence-electron chi connectivity index (χ0n) is 11.7. The largest absolute Gasteiger partial charge is 0.311 e. The number of hydrogen-bond donors (Lipinski definition) is 2. The molecule has 2 N–H and O–H groups in total. The molecule has 3 rings (SSSR count). The second kappa shape index (κ2) is 4.36. The highest BCUT2D eigenvalue weighted by atomic mass is 16.2. The Labute approximate surface area is 115 Å². The number of amides is 1. The minimum absolute atomic E-state index is 0.0689. The molecule has 1 aliphatic heterocycles. The van der Waals surface area contributed by atoms with Gasteiger partial charge >= 0.3 is 0 Å². The maximum absolute atomic E-state index is 12.2. The second-order valence-corrected chi connectivity index (χ2v) is 5.42. The molecular weight excluding hydrogens is 258 g/mol. The molecule has 0 aliphatic carbocycles. The number of rotatable bonds is 2. The molecule has 0 saturated carbocycles. The normalized spacial score (nSPS) is 18.2. The highest BCUT2D eigenvalue weighted by Crippen LogP contribution is 2.35. The summed E-state index contributed by atoms with van der Waals surface area (Å²) in [6, 6.07) is 0.0689. The number of nitrogens with zero attached hydrogens (tertiary/aromatic N) is 3. The summed E-state index contributed by atoms with van der Waals surface area (Å²) < 4.78 is 3.38. The molecule has 1 aliphatic rings. The van der Waals surface area contributed by atoms with E-state index >= 15 is 0 Å². The fraction of sp³-hybridized carbons (Fsp3) is 0.462. The van der Waals surface area contributed by atoms with Gasteiger partial charge in [-0.2, -0.15) is 5.10 Å². The molecule has 0 radical (unpaired) electrons. The third kappa shape index (κ3) is 1.86. The molecule has 0 bridgehead atoms. The molecule has 20 heavy (non-hydrogen) atoms. The van der Waals surface area contributed by atoms with Gasteiger partial charge in [0.2, 0.25) is 5.91 Å². The zero-order valence-corrected chi connectivity index (χ0v) is 11.7. The number of aryl methyl sites for hydroxylation is 1. The second-order valence-electron chi connectivity index (χ2n) is 5.42. The van der Waals surface area contributed by atoms with Gasteiger partial charge in [-0.05, 0) is 19.4 Å². The minimum Gasteiger partial charge on any atom is -0.311 e. The van der Waals surface area contributed by atoms with Crippen molar-refractivity contribution in [3.05, 3.63) is 33.9 Å². The third-order valence-corrected chi connectivity index (χ3v) is 3.60. The smallest absolute Gasteiger partial charge is 0.270 e. The summed E-state index contributed by atoms with van der Waals surface area (Å²) in [5, 5.41) is 9.73. The first-order valence-electron chi connectivity index (χ1n) is 6.60. The molecule has 0 aromatic carbocycles. The van der Waals surface area contributed by atoms with Gasteiger partial charge in [-0.1, -0.05) is 0 Å². The van der Waals surface area contributed by atoms with E-state index in [0.717, 1.165) is 5.56 Å². The van der Waals surface area contributed by atoms with Crippen molar-refractivity contribution in [3.63, 3.8) is 0 Å². The summed E-state index contributed by atoms with van der Waals surface area (Å²) in [5.41, 5.74) is 1.35. The molecular formula is C13H17N5O2. The molecule has 106 valence electrons. The topological polar surface area (TPSA) is 84.7 Å². The molecule has 1 atom stereocenters. The van der Waals surface area contributed by atoms with Crippen LogP contribution in [0.5, 0.6) is 0 Å². The van der Waals surface area contributed by atoms with Gasteiger partial charge in [-0.25, -0.2) is 0 Å². The highest BCUT2D eigenvalue weighted by Gasteiger charge is 2.33. The fourth-order valence-electron chi connectivity index (χ4n) is 2.68. The van der Waals surface area contributed by atoms with Crippen LogP contribution in [0, 0.1) is 0 Å². The van der Waals surface area contributed by atoms with Crippen molar-refractivity contribution in [1.29, 1.82) is 0 Å². The lowest BCUT2D eigenvalue weighted by molar-refractivity contribution is -0.116. The van der Waals surface area contributed by atoms with Gasteiger partial charge in [0.1, 0.15) is 5.82 Å². The molecule has 2 aromatic rings. The molecule has 0 spiro atoms. The number of hydrogen-bond acceptors (Lipinski definition) is 3. The average Bonchev–Trinajstić information content (AvgIpc) is 2.93. The quantitative estimate of drug-likeness (QED) is 0.856. The first-order chi connectivity index (χ1) is 9.47. The lowest BCUT2D eigenvalue weighted by atomic mass is 9.89. The number of aromatic nitrogens is 4. The number of H-pyrrole nitrogens is 1. The van der Waals surface area contributed by atoms with Gasteiger partial charge in [0.15, 0.2) is 0 Å². The van der Waals surface area contributed by atoms with Crippen LogP contribution in [0.25, 0.3) is 0 Å². The first kappa shape index (κ1) is 12.7. The van der Waals surface area contributed by atoms with Crippen LogP contribution in [-0.2, 0) is 11.8 Å². The SMILES string of the molecule is CC(C)n1[nH]c(=O)c2c1NC(=O)C[C@H]2c1cnn(C)c1. The molecule has 0 unspecified atom stereocenters. The van der Waals surface area contributed by atoms with Gasteiger partial charge < -0.3 is 5.32 Å². The van der Waals surface area contributed by atoms with E-state index in [-0.39, 0.29) is 29.8 Å². The van der Waals surface area contributed by atoms with Crippen LogP contribution in [0.4, 0.5) is 5.82 Å². The van der Waals surface area contributed by atoms with Gasteiger partial charge in [-0.15, -0.1) is 0 Å². The predicted octanol–water partition coefficient (Wildman–Crippen LogP) is 0.965. The van der Waals surface area contributed by atoms with Crippen LogP contribution in [0.2, 0.25) is 0 Å². The summed E-state index contributed by atoms with van der Waals surface area (Å²) in [6.07, 6.45) is 3.82. The molecule has 7 heteroatoms. The predicted molar refractivity (Wildman–Crippen MR) is 73.7 cm³/mol. The Hall–Kier alpha value is -2.31. The Morgan fingerprint density at radius 2 is 2.15 bits per heavy atom. The van der Waals surface area contributed by atoms with Crippen molar-refractivity contribution in [2.75, 3.05) is 5.32 Å². The Bertz CT molecular complexity index is 721. The zero-order chi connectivity index (χ0) is 14.4. The van der Waals surface area contributed by atoms with Crippen molar-refractivity contribution in [3.8, 4) is 0 Å². The standard InChI is InChI=1S/C13H17N5O2/c1-7(2)18-12-11(13(20)16-18)9(4-10(19)15-12)8-5-14-17(3)6-8/h5-7,9H,4H2,1-3H3,(H,15,19)(H,16,20)/t9-/m0/s1. The maximum Gasteiger partial charge on any atom is 0.270 e. The number of carbonyl (C=O) groups is 1. The van der Waals surface area contributed by atoms with Crippen molar-refractivity contribution in [1.82, 2.24) is 19.6 Å². The van der Waals surface area contributed by atoms with E-state index < -0.39 is 0 Å². The lowest BCUT2D eigenvalue weighted by Gasteiger charge is -2.23. The Balaban J connectivity index is 2.18. The molecule has 2 aromatic heterocycles. The van der Waals surface area contributed by atoms with E-state index in [4.69, 9.17) is 0 Å². The third-order valence-electron chi connectivity index (χ3n) is 3.60. The van der Waals surface area contributed by atoms with Crippen LogP contribution >= 0.6 is 0 Å². The van der Waals surface area contributed by atoms with Gasteiger partial charge in [0.05, 0.1) is 11.8 Å². The summed E-state index contributed by atoms with van der Waals surface area (Å²) in [7, 11) is 1.82. The van der Waals surface area contributed by atoms with Crippen molar-refractivity contribution >= 4 is 11.7 Å².